The Morgan fingerprint density at radius 2 is 1.82 bits per heavy atom. The predicted molar refractivity (Wildman–Crippen MR) is 120 cm³/mol. The molecule has 0 spiro atoms. The third-order valence-electron chi connectivity index (χ3n) is 6.58. The van der Waals surface area contributed by atoms with Gasteiger partial charge in [-0.05, 0) is 35.9 Å². The van der Waals surface area contributed by atoms with Crippen LogP contribution >= 0.6 is 0 Å². The van der Waals surface area contributed by atoms with Crippen molar-refractivity contribution in [1.82, 2.24) is 4.98 Å². The lowest BCUT2D eigenvalue weighted by Gasteiger charge is -2.36. The lowest BCUT2D eigenvalue weighted by atomic mass is 9.67. The molecule has 7 heteroatoms. The van der Waals surface area contributed by atoms with E-state index in [1.807, 2.05) is 0 Å². The fourth-order valence-electron chi connectivity index (χ4n) is 5.18. The first-order chi connectivity index (χ1) is 16.0. The number of benzene rings is 2. The van der Waals surface area contributed by atoms with Gasteiger partial charge in [-0.3, -0.25) is 14.6 Å². The van der Waals surface area contributed by atoms with Gasteiger partial charge in [0.05, 0.1) is 12.1 Å². The van der Waals surface area contributed by atoms with Crippen molar-refractivity contribution < 1.29 is 14.0 Å². The highest BCUT2D eigenvalue weighted by Crippen LogP contribution is 2.55. The first-order valence-corrected chi connectivity index (χ1v) is 10.5. The molecular formula is C26H19FN4O2. The average molecular weight is 438 g/mol. The average Bonchev–Trinajstić information content (AvgIpc) is 3.16. The lowest BCUT2D eigenvalue weighted by molar-refractivity contribution is -0.125. The fraction of sp³-hybridized carbons (Fsp3) is 0.154. The Morgan fingerprint density at radius 3 is 2.48 bits per heavy atom. The Hall–Kier alpha value is -4.31. The minimum atomic E-state index is -1.74. The molecule has 5 rings (SSSR count). The smallest absolute Gasteiger partial charge is 0.241 e. The number of aromatic nitrogens is 1. The summed E-state index contributed by atoms with van der Waals surface area (Å²) in [5, 5.41) is 10.4. The summed E-state index contributed by atoms with van der Waals surface area (Å²) in [5.74, 6) is -2.37. The van der Waals surface area contributed by atoms with Crippen LogP contribution in [0.3, 0.4) is 0 Å². The summed E-state index contributed by atoms with van der Waals surface area (Å²) in [6, 6.07) is 16.8. The number of carbonyl (C=O) groups excluding carboxylic acids is 2. The number of rotatable bonds is 4. The summed E-state index contributed by atoms with van der Waals surface area (Å²) < 4.78 is 14.0. The number of amides is 1. The minimum absolute atomic E-state index is 0.258. The standard InChI is InChI=1S/C26H19FN4O2/c27-19-7-8-20-18(14-19)6-9-21-26(15-28,25(29)33)22(16-10-12-30-13-11-16)23(31(20)21)24(32)17-4-2-1-3-5-17/h1-14,21-23H,(H2,29,33)/t21-,22+,23+,26+/m0/s1. The van der Waals surface area contributed by atoms with Crippen LogP contribution in [0.1, 0.15) is 27.4 Å². The minimum Gasteiger partial charge on any atom is -0.368 e. The van der Waals surface area contributed by atoms with Crippen molar-refractivity contribution >= 4 is 23.5 Å². The van der Waals surface area contributed by atoms with Gasteiger partial charge >= 0.3 is 0 Å². The maximum absolute atomic E-state index is 14.0. The van der Waals surface area contributed by atoms with E-state index in [0.717, 1.165) is 0 Å². The third kappa shape index (κ3) is 2.95. The van der Waals surface area contributed by atoms with Crippen molar-refractivity contribution in [2.45, 2.75) is 18.0 Å². The number of hydrogen-bond donors (Lipinski definition) is 1. The number of nitrogens with two attached hydrogens (primary N) is 1. The highest BCUT2D eigenvalue weighted by molar-refractivity contribution is 6.06. The van der Waals surface area contributed by atoms with E-state index in [9.17, 15) is 19.2 Å². The number of Topliss-reactive ketones (excluding diaryl/α,β-unsaturated/α-hetero) is 1. The Labute approximate surface area is 189 Å². The number of carbonyl (C=O) groups is 2. The molecule has 0 bridgehead atoms. The van der Waals surface area contributed by atoms with Crippen molar-refractivity contribution in [2.75, 3.05) is 4.90 Å². The number of nitriles is 1. The summed E-state index contributed by atoms with van der Waals surface area (Å²) in [6.07, 6.45) is 6.45. The second-order valence-corrected chi connectivity index (χ2v) is 8.19. The molecule has 3 heterocycles. The first-order valence-electron chi connectivity index (χ1n) is 10.5. The SMILES string of the molecule is N#C[C@]1(C(N)=O)[C@H](c2ccncc2)[C@H](C(=O)c2ccccc2)N2c3ccc(F)cc3C=C[C@H]21. The van der Waals surface area contributed by atoms with E-state index in [4.69, 9.17) is 5.73 Å². The summed E-state index contributed by atoms with van der Waals surface area (Å²) in [7, 11) is 0. The molecule has 1 amide bonds. The Morgan fingerprint density at radius 1 is 1.09 bits per heavy atom. The molecule has 1 aromatic heterocycles. The van der Waals surface area contributed by atoms with Crippen LogP contribution in [-0.4, -0.2) is 28.8 Å². The van der Waals surface area contributed by atoms with Gasteiger partial charge in [0.15, 0.2) is 11.2 Å². The van der Waals surface area contributed by atoms with Crippen LogP contribution < -0.4 is 10.6 Å². The van der Waals surface area contributed by atoms with Gasteiger partial charge < -0.3 is 10.6 Å². The number of anilines is 1. The van der Waals surface area contributed by atoms with Crippen LogP contribution in [-0.2, 0) is 4.79 Å². The Balaban J connectivity index is 1.81. The molecule has 2 N–H and O–H groups in total. The quantitative estimate of drug-likeness (QED) is 0.629. The highest BCUT2D eigenvalue weighted by Gasteiger charge is 2.65. The number of primary amides is 1. The first kappa shape index (κ1) is 20.6. The van der Waals surface area contributed by atoms with Gasteiger partial charge in [-0.2, -0.15) is 5.26 Å². The van der Waals surface area contributed by atoms with Crippen LogP contribution in [0.2, 0.25) is 0 Å². The molecular weight excluding hydrogens is 419 g/mol. The van der Waals surface area contributed by atoms with Gasteiger partial charge in [0.2, 0.25) is 5.91 Å². The van der Waals surface area contributed by atoms with Crippen LogP contribution in [0.15, 0.2) is 79.1 Å². The maximum Gasteiger partial charge on any atom is 0.241 e. The molecule has 0 radical (unpaired) electrons. The lowest BCUT2D eigenvalue weighted by Crippen LogP contribution is -2.49. The van der Waals surface area contributed by atoms with Crippen molar-refractivity contribution in [3.05, 3.63) is 102 Å². The van der Waals surface area contributed by atoms with Gasteiger partial charge in [0.1, 0.15) is 11.9 Å². The van der Waals surface area contributed by atoms with Crippen molar-refractivity contribution in [1.29, 1.82) is 5.26 Å². The Bertz CT molecular complexity index is 1320. The third-order valence-corrected chi connectivity index (χ3v) is 6.58. The zero-order chi connectivity index (χ0) is 23.2. The van der Waals surface area contributed by atoms with E-state index in [0.29, 0.717) is 22.4 Å². The summed E-state index contributed by atoms with van der Waals surface area (Å²) in [6.45, 7) is 0. The van der Waals surface area contributed by atoms with E-state index in [2.05, 4.69) is 11.1 Å². The predicted octanol–water partition coefficient (Wildman–Crippen LogP) is 3.47. The topological polar surface area (TPSA) is 100 Å². The molecule has 1 fully saturated rings. The second kappa shape index (κ2) is 7.68. The zero-order valence-corrected chi connectivity index (χ0v) is 17.4. The van der Waals surface area contributed by atoms with E-state index in [1.165, 1.54) is 12.1 Å². The summed E-state index contributed by atoms with van der Waals surface area (Å²) in [4.78, 5) is 32.8. The molecule has 33 heavy (non-hydrogen) atoms. The maximum atomic E-state index is 14.0. The number of halogens is 1. The van der Waals surface area contributed by atoms with Crippen molar-refractivity contribution in [2.24, 2.45) is 11.1 Å². The largest absolute Gasteiger partial charge is 0.368 e. The molecule has 6 nitrogen and oxygen atoms in total. The van der Waals surface area contributed by atoms with Gasteiger partial charge in [-0.25, -0.2) is 4.39 Å². The number of hydrogen-bond acceptors (Lipinski definition) is 5. The van der Waals surface area contributed by atoms with Crippen molar-refractivity contribution in [3.63, 3.8) is 0 Å². The normalized spacial score (nSPS) is 25.1. The fourth-order valence-corrected chi connectivity index (χ4v) is 5.18. The molecule has 0 unspecified atom stereocenters. The van der Waals surface area contributed by atoms with E-state index in [1.54, 1.807) is 78.0 Å². The molecule has 0 aliphatic carbocycles. The van der Waals surface area contributed by atoms with Gasteiger partial charge in [-0.15, -0.1) is 0 Å². The monoisotopic (exact) mass is 438 g/mol. The van der Waals surface area contributed by atoms with Gasteiger partial charge in [-0.1, -0.05) is 42.5 Å². The summed E-state index contributed by atoms with van der Waals surface area (Å²) in [5.41, 5.74) is 6.35. The van der Waals surface area contributed by atoms with E-state index < -0.39 is 35.1 Å². The molecule has 2 aliphatic rings. The molecule has 0 saturated carbocycles. The molecule has 3 aromatic rings. The molecule has 2 aliphatic heterocycles. The number of nitrogens with zero attached hydrogens (tertiary/aromatic N) is 3. The second-order valence-electron chi connectivity index (χ2n) is 8.19. The molecule has 162 valence electrons. The number of fused-ring (bicyclic) bond motifs is 3. The van der Waals surface area contributed by atoms with Crippen LogP contribution in [0.25, 0.3) is 6.08 Å². The highest BCUT2D eigenvalue weighted by atomic mass is 19.1. The van der Waals surface area contributed by atoms with E-state index in [-0.39, 0.29) is 5.78 Å². The number of pyridine rings is 1. The molecule has 1 saturated heterocycles. The summed E-state index contributed by atoms with van der Waals surface area (Å²) >= 11 is 0. The van der Waals surface area contributed by atoms with Crippen LogP contribution in [0, 0.1) is 22.6 Å². The van der Waals surface area contributed by atoms with Crippen LogP contribution in [0.5, 0.6) is 0 Å². The Kier molecular flexibility index (Phi) is 4.79. The van der Waals surface area contributed by atoms with E-state index >= 15 is 0 Å². The van der Waals surface area contributed by atoms with Gasteiger partial charge in [0, 0.05) is 35.1 Å². The van der Waals surface area contributed by atoms with Crippen molar-refractivity contribution in [3.8, 4) is 6.07 Å². The molecule has 2 aromatic carbocycles. The zero-order valence-electron chi connectivity index (χ0n) is 17.4. The number of ketones is 1. The molecule has 4 atom stereocenters. The van der Waals surface area contributed by atoms with Gasteiger partial charge in [0.25, 0.3) is 0 Å². The van der Waals surface area contributed by atoms with Crippen LogP contribution in [0.4, 0.5) is 10.1 Å².